The van der Waals surface area contributed by atoms with Crippen LogP contribution in [0.15, 0.2) is 23.6 Å². The van der Waals surface area contributed by atoms with Gasteiger partial charge in [0.05, 0.1) is 29.4 Å². The summed E-state index contributed by atoms with van der Waals surface area (Å²) in [6, 6.07) is 7.15. The first-order valence-electron chi connectivity index (χ1n) is 5.35. The Morgan fingerprint density at radius 3 is 2.83 bits per heavy atom. The number of hydrogen-bond donors (Lipinski definition) is 0. The van der Waals surface area contributed by atoms with Crippen molar-refractivity contribution in [2.75, 3.05) is 7.11 Å². The van der Waals surface area contributed by atoms with Gasteiger partial charge in [-0.3, -0.25) is 0 Å². The number of thiazole rings is 1. The minimum atomic E-state index is 0.395. The van der Waals surface area contributed by atoms with Gasteiger partial charge in [0.2, 0.25) is 0 Å². The maximum atomic E-state index is 8.80. The van der Waals surface area contributed by atoms with Crippen LogP contribution in [0.3, 0.4) is 0 Å². The Labute approximate surface area is 109 Å². The second-order valence-electron chi connectivity index (χ2n) is 3.62. The SMILES string of the molecule is COc1cc(C#N)ccc1OCc1csc(C)n1. The highest BCUT2D eigenvalue weighted by Gasteiger charge is 2.07. The van der Waals surface area contributed by atoms with Crippen molar-refractivity contribution in [3.05, 3.63) is 39.8 Å². The lowest BCUT2D eigenvalue weighted by molar-refractivity contribution is 0.281. The standard InChI is InChI=1S/C13H12N2O2S/c1-9-15-11(8-18-9)7-17-12-4-3-10(6-14)5-13(12)16-2/h3-5,8H,7H2,1-2H3. The van der Waals surface area contributed by atoms with Crippen LogP contribution in [0.4, 0.5) is 0 Å². The molecule has 0 unspecified atom stereocenters. The Morgan fingerprint density at radius 1 is 1.39 bits per heavy atom. The Hall–Kier alpha value is -2.06. The van der Waals surface area contributed by atoms with E-state index in [-0.39, 0.29) is 0 Å². The molecule has 0 N–H and O–H groups in total. The molecule has 18 heavy (non-hydrogen) atoms. The molecule has 0 aliphatic carbocycles. The average molecular weight is 260 g/mol. The molecule has 0 aliphatic heterocycles. The van der Waals surface area contributed by atoms with E-state index in [1.165, 1.54) is 0 Å². The van der Waals surface area contributed by atoms with E-state index in [0.717, 1.165) is 10.7 Å². The third-order valence-electron chi connectivity index (χ3n) is 2.33. The van der Waals surface area contributed by atoms with Crippen molar-refractivity contribution >= 4 is 11.3 Å². The molecule has 1 aromatic carbocycles. The second kappa shape index (κ2) is 5.52. The number of aromatic nitrogens is 1. The second-order valence-corrected chi connectivity index (χ2v) is 4.69. The Balaban J connectivity index is 2.12. The van der Waals surface area contributed by atoms with Crippen LogP contribution in [0.25, 0.3) is 0 Å². The number of benzene rings is 1. The first-order valence-corrected chi connectivity index (χ1v) is 6.23. The lowest BCUT2D eigenvalue weighted by Crippen LogP contribution is -1.98. The Morgan fingerprint density at radius 2 is 2.22 bits per heavy atom. The summed E-state index contributed by atoms with van der Waals surface area (Å²) in [6.07, 6.45) is 0. The zero-order valence-electron chi connectivity index (χ0n) is 10.1. The molecule has 0 spiro atoms. The van der Waals surface area contributed by atoms with Crippen molar-refractivity contribution in [3.63, 3.8) is 0 Å². The number of hydrogen-bond acceptors (Lipinski definition) is 5. The topological polar surface area (TPSA) is 55.1 Å². The van der Waals surface area contributed by atoms with Gasteiger partial charge in [-0.1, -0.05) is 0 Å². The van der Waals surface area contributed by atoms with Crippen LogP contribution in [0.5, 0.6) is 11.5 Å². The smallest absolute Gasteiger partial charge is 0.162 e. The van der Waals surface area contributed by atoms with Crippen LogP contribution in [-0.2, 0) is 6.61 Å². The molecule has 0 saturated carbocycles. The summed E-state index contributed by atoms with van der Waals surface area (Å²) in [6.45, 7) is 2.35. The van der Waals surface area contributed by atoms with Crippen LogP contribution in [0, 0.1) is 18.3 Å². The fourth-order valence-corrected chi connectivity index (χ4v) is 2.08. The minimum Gasteiger partial charge on any atom is -0.493 e. The lowest BCUT2D eigenvalue weighted by atomic mass is 10.2. The maximum absolute atomic E-state index is 8.80. The molecule has 92 valence electrons. The van der Waals surface area contributed by atoms with Gasteiger partial charge in [0, 0.05) is 11.4 Å². The van der Waals surface area contributed by atoms with E-state index in [4.69, 9.17) is 14.7 Å². The van der Waals surface area contributed by atoms with Gasteiger partial charge in [-0.2, -0.15) is 5.26 Å². The fraction of sp³-hybridized carbons (Fsp3) is 0.231. The van der Waals surface area contributed by atoms with E-state index in [1.807, 2.05) is 12.3 Å². The molecule has 0 radical (unpaired) electrons. The lowest BCUT2D eigenvalue weighted by Gasteiger charge is -2.09. The van der Waals surface area contributed by atoms with Gasteiger partial charge in [0.15, 0.2) is 11.5 Å². The number of methoxy groups -OCH3 is 1. The van der Waals surface area contributed by atoms with E-state index in [2.05, 4.69) is 11.1 Å². The van der Waals surface area contributed by atoms with Gasteiger partial charge >= 0.3 is 0 Å². The predicted octanol–water partition coefficient (Wildman–Crippen LogP) is 2.91. The molecule has 0 saturated heterocycles. The summed E-state index contributed by atoms with van der Waals surface area (Å²) in [5.74, 6) is 1.17. The molecular formula is C13H12N2O2S. The molecule has 1 heterocycles. The molecule has 0 amide bonds. The van der Waals surface area contributed by atoms with Crippen LogP contribution in [0.2, 0.25) is 0 Å². The highest BCUT2D eigenvalue weighted by atomic mass is 32.1. The first-order chi connectivity index (χ1) is 8.72. The summed E-state index contributed by atoms with van der Waals surface area (Å²) in [5, 5.41) is 11.8. The van der Waals surface area contributed by atoms with Crippen LogP contribution >= 0.6 is 11.3 Å². The van der Waals surface area contributed by atoms with E-state index in [1.54, 1.807) is 36.6 Å². The Bertz CT molecular complexity index is 587. The van der Waals surface area contributed by atoms with Crippen molar-refractivity contribution < 1.29 is 9.47 Å². The largest absolute Gasteiger partial charge is 0.493 e. The number of ether oxygens (including phenoxy) is 2. The van der Waals surface area contributed by atoms with Crippen molar-refractivity contribution in [2.45, 2.75) is 13.5 Å². The monoisotopic (exact) mass is 260 g/mol. The fourth-order valence-electron chi connectivity index (χ4n) is 1.48. The highest BCUT2D eigenvalue weighted by Crippen LogP contribution is 2.28. The van der Waals surface area contributed by atoms with Gasteiger partial charge in [0.25, 0.3) is 0 Å². The molecule has 0 fully saturated rings. The van der Waals surface area contributed by atoms with Gasteiger partial charge in [0.1, 0.15) is 6.61 Å². The van der Waals surface area contributed by atoms with E-state index >= 15 is 0 Å². The molecular weight excluding hydrogens is 248 g/mol. The van der Waals surface area contributed by atoms with Crippen LogP contribution < -0.4 is 9.47 Å². The first kappa shape index (κ1) is 12.4. The van der Waals surface area contributed by atoms with Crippen molar-refractivity contribution in [2.24, 2.45) is 0 Å². The third kappa shape index (κ3) is 2.79. The van der Waals surface area contributed by atoms with Gasteiger partial charge in [-0.25, -0.2) is 4.98 Å². The number of rotatable bonds is 4. The van der Waals surface area contributed by atoms with Crippen LogP contribution in [-0.4, -0.2) is 12.1 Å². The average Bonchev–Trinajstić information content (AvgIpc) is 2.82. The quantitative estimate of drug-likeness (QED) is 0.848. The minimum absolute atomic E-state index is 0.395. The molecule has 0 aliphatic rings. The molecule has 0 bridgehead atoms. The normalized spacial score (nSPS) is 9.83. The highest BCUT2D eigenvalue weighted by molar-refractivity contribution is 7.09. The summed E-state index contributed by atoms with van der Waals surface area (Å²) in [7, 11) is 1.55. The zero-order chi connectivity index (χ0) is 13.0. The zero-order valence-corrected chi connectivity index (χ0v) is 11.0. The number of aryl methyl sites for hydroxylation is 1. The predicted molar refractivity (Wildman–Crippen MR) is 68.9 cm³/mol. The molecule has 5 heteroatoms. The van der Waals surface area contributed by atoms with Crippen molar-refractivity contribution in [1.82, 2.24) is 4.98 Å². The van der Waals surface area contributed by atoms with E-state index in [0.29, 0.717) is 23.7 Å². The molecule has 0 atom stereocenters. The van der Waals surface area contributed by atoms with E-state index < -0.39 is 0 Å². The van der Waals surface area contributed by atoms with Crippen molar-refractivity contribution in [3.8, 4) is 17.6 Å². The molecule has 4 nitrogen and oxygen atoms in total. The maximum Gasteiger partial charge on any atom is 0.162 e. The number of nitrogens with zero attached hydrogens (tertiary/aromatic N) is 2. The number of nitriles is 1. The van der Waals surface area contributed by atoms with Crippen LogP contribution in [0.1, 0.15) is 16.3 Å². The van der Waals surface area contributed by atoms with Gasteiger partial charge in [-0.15, -0.1) is 11.3 Å². The Kier molecular flexibility index (Phi) is 3.80. The summed E-state index contributed by atoms with van der Waals surface area (Å²) >= 11 is 1.59. The summed E-state index contributed by atoms with van der Waals surface area (Å²) < 4.78 is 10.8. The van der Waals surface area contributed by atoms with Crippen molar-refractivity contribution in [1.29, 1.82) is 5.26 Å². The van der Waals surface area contributed by atoms with Gasteiger partial charge in [-0.05, 0) is 19.1 Å². The summed E-state index contributed by atoms with van der Waals surface area (Å²) in [5.41, 5.74) is 1.44. The third-order valence-corrected chi connectivity index (χ3v) is 3.16. The van der Waals surface area contributed by atoms with Gasteiger partial charge < -0.3 is 9.47 Å². The molecule has 2 aromatic rings. The summed E-state index contributed by atoms with van der Waals surface area (Å²) in [4.78, 5) is 4.32. The molecule has 1 aromatic heterocycles. The molecule has 2 rings (SSSR count). The van der Waals surface area contributed by atoms with E-state index in [9.17, 15) is 0 Å².